The van der Waals surface area contributed by atoms with E-state index in [1.165, 1.54) is 0 Å². The second-order valence-corrected chi connectivity index (χ2v) is 5.77. The fourth-order valence-corrected chi connectivity index (χ4v) is 2.80. The Labute approximate surface area is 144 Å². The van der Waals surface area contributed by atoms with Gasteiger partial charge in [-0.25, -0.2) is 0 Å². The van der Waals surface area contributed by atoms with Crippen molar-refractivity contribution >= 4 is 21.8 Å². The normalized spacial score (nSPS) is 10.2. The highest BCUT2D eigenvalue weighted by Crippen LogP contribution is 2.36. The molecule has 0 saturated carbocycles. The van der Waals surface area contributed by atoms with E-state index in [-0.39, 0.29) is 5.91 Å². The topological polar surface area (TPSA) is 60.5 Å². The van der Waals surface area contributed by atoms with E-state index in [0.717, 1.165) is 15.7 Å². The Morgan fingerprint density at radius 2 is 2.09 bits per heavy atom. The summed E-state index contributed by atoms with van der Waals surface area (Å²) in [6, 6.07) is 9.45. The number of nitrogens with zero attached hydrogens (tertiary/aromatic N) is 1. The molecule has 0 aliphatic rings. The van der Waals surface area contributed by atoms with Gasteiger partial charge in [-0.3, -0.25) is 9.78 Å². The highest BCUT2D eigenvalue weighted by atomic mass is 79.9. The third-order valence-corrected chi connectivity index (χ3v) is 3.91. The molecule has 0 aliphatic carbocycles. The molecule has 23 heavy (non-hydrogen) atoms. The second-order valence-electron chi connectivity index (χ2n) is 4.91. The molecule has 1 aromatic heterocycles. The Morgan fingerprint density at radius 3 is 2.74 bits per heavy atom. The van der Waals surface area contributed by atoms with Crippen LogP contribution in [0, 0.1) is 0 Å². The van der Waals surface area contributed by atoms with Gasteiger partial charge in [-0.1, -0.05) is 6.07 Å². The summed E-state index contributed by atoms with van der Waals surface area (Å²) in [4.78, 5) is 16.2. The maximum Gasteiger partial charge on any atom is 0.220 e. The standard InChI is InChI=1S/C17H19BrN2O3/c1-22-15-10-12(9-14(18)17(15)23-2)11-20-16(21)7-6-13-5-3-4-8-19-13/h3-5,8-10H,6-7,11H2,1-2H3,(H,20,21). The van der Waals surface area contributed by atoms with E-state index >= 15 is 0 Å². The van der Waals surface area contributed by atoms with Gasteiger partial charge in [-0.15, -0.1) is 0 Å². The first-order valence-corrected chi connectivity index (χ1v) is 8.00. The van der Waals surface area contributed by atoms with Gasteiger partial charge in [-0.05, 0) is 52.2 Å². The molecule has 0 bridgehead atoms. The second kappa shape index (κ2) is 8.53. The van der Waals surface area contributed by atoms with E-state index in [1.54, 1.807) is 20.4 Å². The third-order valence-electron chi connectivity index (χ3n) is 3.32. The Morgan fingerprint density at radius 1 is 1.26 bits per heavy atom. The summed E-state index contributed by atoms with van der Waals surface area (Å²) in [5, 5.41) is 2.90. The number of aromatic nitrogens is 1. The van der Waals surface area contributed by atoms with Crippen LogP contribution in [0.4, 0.5) is 0 Å². The number of rotatable bonds is 7. The number of ether oxygens (including phenoxy) is 2. The monoisotopic (exact) mass is 378 g/mol. The fourth-order valence-electron chi connectivity index (χ4n) is 2.15. The Bertz CT molecular complexity index is 662. The smallest absolute Gasteiger partial charge is 0.220 e. The van der Waals surface area contributed by atoms with Gasteiger partial charge in [0.1, 0.15) is 0 Å². The zero-order valence-electron chi connectivity index (χ0n) is 13.1. The molecule has 0 unspecified atom stereocenters. The van der Waals surface area contributed by atoms with Crippen molar-refractivity contribution in [1.29, 1.82) is 0 Å². The summed E-state index contributed by atoms with van der Waals surface area (Å²) in [6.45, 7) is 0.431. The predicted octanol–water partition coefficient (Wildman–Crippen LogP) is 3.11. The Kier molecular flexibility index (Phi) is 6.40. The van der Waals surface area contributed by atoms with E-state index in [2.05, 4.69) is 26.2 Å². The Hall–Kier alpha value is -2.08. The SMILES string of the molecule is COc1cc(CNC(=O)CCc2ccccn2)cc(Br)c1OC. The van der Waals surface area contributed by atoms with E-state index in [4.69, 9.17) is 9.47 Å². The number of hydrogen-bond acceptors (Lipinski definition) is 4. The minimum atomic E-state index is -0.0124. The zero-order valence-corrected chi connectivity index (χ0v) is 14.7. The molecular formula is C17H19BrN2O3. The lowest BCUT2D eigenvalue weighted by Gasteiger charge is -2.12. The molecule has 0 radical (unpaired) electrons. The maximum atomic E-state index is 11.9. The molecule has 5 nitrogen and oxygen atoms in total. The number of nitrogens with one attached hydrogen (secondary N) is 1. The van der Waals surface area contributed by atoms with Crippen LogP contribution in [0.2, 0.25) is 0 Å². The van der Waals surface area contributed by atoms with Gasteiger partial charge in [0, 0.05) is 24.9 Å². The quantitative estimate of drug-likeness (QED) is 0.803. The van der Waals surface area contributed by atoms with Gasteiger partial charge in [0.15, 0.2) is 11.5 Å². The van der Waals surface area contributed by atoms with Gasteiger partial charge < -0.3 is 14.8 Å². The lowest BCUT2D eigenvalue weighted by molar-refractivity contribution is -0.121. The van der Waals surface area contributed by atoms with Crippen LogP contribution in [-0.4, -0.2) is 25.1 Å². The lowest BCUT2D eigenvalue weighted by atomic mass is 10.2. The van der Waals surface area contributed by atoms with E-state index in [9.17, 15) is 4.79 Å². The Balaban J connectivity index is 1.90. The minimum absolute atomic E-state index is 0.0124. The lowest BCUT2D eigenvalue weighted by Crippen LogP contribution is -2.23. The van der Waals surface area contributed by atoms with Gasteiger partial charge in [-0.2, -0.15) is 0 Å². The maximum absolute atomic E-state index is 11.9. The molecular weight excluding hydrogens is 360 g/mol. The van der Waals surface area contributed by atoms with E-state index < -0.39 is 0 Å². The summed E-state index contributed by atoms with van der Waals surface area (Å²) < 4.78 is 11.4. The van der Waals surface area contributed by atoms with Gasteiger partial charge in [0.05, 0.1) is 18.7 Å². The van der Waals surface area contributed by atoms with Crippen molar-refractivity contribution in [2.24, 2.45) is 0 Å². The number of hydrogen-bond donors (Lipinski definition) is 1. The highest BCUT2D eigenvalue weighted by Gasteiger charge is 2.11. The molecule has 1 heterocycles. The van der Waals surface area contributed by atoms with Gasteiger partial charge >= 0.3 is 0 Å². The molecule has 1 aromatic carbocycles. The van der Waals surface area contributed by atoms with Crippen LogP contribution < -0.4 is 14.8 Å². The molecule has 0 spiro atoms. The van der Waals surface area contributed by atoms with Crippen LogP contribution in [0.1, 0.15) is 17.7 Å². The molecule has 0 fully saturated rings. The van der Waals surface area contributed by atoms with Crippen LogP contribution in [0.25, 0.3) is 0 Å². The van der Waals surface area contributed by atoms with Crippen molar-refractivity contribution in [2.75, 3.05) is 14.2 Å². The van der Waals surface area contributed by atoms with Gasteiger partial charge in [0.2, 0.25) is 5.91 Å². The van der Waals surface area contributed by atoms with Crippen LogP contribution in [0.3, 0.4) is 0 Å². The number of methoxy groups -OCH3 is 2. The van der Waals surface area contributed by atoms with Crippen LogP contribution in [0.15, 0.2) is 41.0 Å². The molecule has 0 saturated heterocycles. The zero-order chi connectivity index (χ0) is 16.7. The molecule has 1 amide bonds. The van der Waals surface area contributed by atoms with Crippen molar-refractivity contribution in [1.82, 2.24) is 10.3 Å². The molecule has 0 aliphatic heterocycles. The number of amides is 1. The summed E-state index contributed by atoms with van der Waals surface area (Å²) in [5.74, 6) is 1.25. The summed E-state index contributed by atoms with van der Waals surface area (Å²) >= 11 is 3.44. The van der Waals surface area contributed by atoms with Crippen molar-refractivity contribution in [3.63, 3.8) is 0 Å². The van der Waals surface area contributed by atoms with Crippen LogP contribution in [0.5, 0.6) is 11.5 Å². The molecule has 2 aromatic rings. The minimum Gasteiger partial charge on any atom is -0.493 e. The van der Waals surface area contributed by atoms with E-state index in [0.29, 0.717) is 30.9 Å². The molecule has 0 atom stereocenters. The molecule has 2 rings (SSSR count). The van der Waals surface area contributed by atoms with Gasteiger partial charge in [0.25, 0.3) is 0 Å². The van der Waals surface area contributed by atoms with Crippen molar-refractivity contribution in [2.45, 2.75) is 19.4 Å². The molecule has 122 valence electrons. The fraction of sp³-hybridized carbons (Fsp3) is 0.294. The summed E-state index contributed by atoms with van der Waals surface area (Å²) in [5.41, 5.74) is 1.84. The summed E-state index contributed by atoms with van der Waals surface area (Å²) in [7, 11) is 3.17. The first-order valence-electron chi connectivity index (χ1n) is 7.21. The number of carbonyl (C=O) groups excluding carboxylic acids is 1. The molecule has 1 N–H and O–H groups in total. The number of aryl methyl sites for hydroxylation is 1. The average molecular weight is 379 g/mol. The third kappa shape index (κ3) is 4.96. The van der Waals surface area contributed by atoms with Crippen molar-refractivity contribution < 1.29 is 14.3 Å². The number of benzene rings is 1. The van der Waals surface area contributed by atoms with Crippen molar-refractivity contribution in [3.8, 4) is 11.5 Å². The number of halogens is 1. The first-order chi connectivity index (χ1) is 11.1. The van der Waals surface area contributed by atoms with E-state index in [1.807, 2.05) is 30.3 Å². The molecule has 6 heteroatoms. The number of carbonyl (C=O) groups is 1. The largest absolute Gasteiger partial charge is 0.493 e. The average Bonchev–Trinajstić information content (AvgIpc) is 2.58. The highest BCUT2D eigenvalue weighted by molar-refractivity contribution is 9.10. The first kappa shape index (κ1) is 17.3. The summed E-state index contributed by atoms with van der Waals surface area (Å²) in [6.07, 6.45) is 2.77. The predicted molar refractivity (Wildman–Crippen MR) is 91.7 cm³/mol. The van der Waals surface area contributed by atoms with Crippen LogP contribution in [-0.2, 0) is 17.8 Å². The van der Waals surface area contributed by atoms with Crippen molar-refractivity contribution in [3.05, 3.63) is 52.3 Å². The number of pyridine rings is 1. The van der Waals surface area contributed by atoms with Crippen LogP contribution >= 0.6 is 15.9 Å².